The fourth-order valence-electron chi connectivity index (χ4n) is 2.20. The first-order valence-corrected chi connectivity index (χ1v) is 7.68. The molecule has 0 radical (unpaired) electrons. The molecule has 0 aliphatic rings. The summed E-state index contributed by atoms with van der Waals surface area (Å²) < 4.78 is 5.13. The Labute approximate surface area is 125 Å². The van der Waals surface area contributed by atoms with Crippen LogP contribution in [0.2, 0.25) is 0 Å². The van der Waals surface area contributed by atoms with E-state index >= 15 is 0 Å². The van der Waals surface area contributed by atoms with Gasteiger partial charge < -0.3 is 10.1 Å². The van der Waals surface area contributed by atoms with Crippen molar-refractivity contribution in [3.63, 3.8) is 0 Å². The number of methoxy groups -OCH3 is 1. The van der Waals surface area contributed by atoms with Gasteiger partial charge in [-0.1, -0.05) is 6.07 Å². The van der Waals surface area contributed by atoms with E-state index in [0.717, 1.165) is 10.8 Å². The highest BCUT2D eigenvalue weighted by Crippen LogP contribution is 2.29. The molecular weight excluding hydrogens is 268 g/mol. The van der Waals surface area contributed by atoms with E-state index in [4.69, 9.17) is 4.74 Å². The lowest BCUT2D eigenvalue weighted by Gasteiger charge is -2.11. The molecule has 0 aliphatic heterocycles. The first-order valence-electron chi connectivity index (χ1n) is 6.80. The molecule has 0 amide bonds. The minimum Gasteiger partial charge on any atom is -0.383 e. The van der Waals surface area contributed by atoms with Gasteiger partial charge in [-0.15, -0.1) is 11.3 Å². The zero-order valence-electron chi connectivity index (χ0n) is 12.8. The highest BCUT2D eigenvalue weighted by Gasteiger charge is 2.10. The standard InChI is InChI=1S/C16H22N2OS/c1-10-6-12(3)14(7-11(10)2)15-9-20-16(18-15)17-13(4)8-19-5/h6-7,9,13H,8H2,1-5H3,(H,17,18)/t13-/m1/s1. The second-order valence-corrected chi connectivity index (χ2v) is 6.15. The maximum Gasteiger partial charge on any atom is 0.183 e. The summed E-state index contributed by atoms with van der Waals surface area (Å²) in [4.78, 5) is 4.69. The van der Waals surface area contributed by atoms with E-state index in [1.807, 2.05) is 0 Å². The van der Waals surface area contributed by atoms with Crippen LogP contribution < -0.4 is 5.32 Å². The van der Waals surface area contributed by atoms with Crippen molar-refractivity contribution in [2.75, 3.05) is 19.0 Å². The van der Waals surface area contributed by atoms with Gasteiger partial charge in [-0.05, 0) is 50.5 Å². The third-order valence-corrected chi connectivity index (χ3v) is 4.18. The largest absolute Gasteiger partial charge is 0.383 e. The number of thiazole rings is 1. The predicted molar refractivity (Wildman–Crippen MR) is 86.7 cm³/mol. The lowest BCUT2D eigenvalue weighted by molar-refractivity contribution is 0.190. The molecule has 0 saturated carbocycles. The van der Waals surface area contributed by atoms with E-state index < -0.39 is 0 Å². The van der Waals surface area contributed by atoms with Gasteiger partial charge in [0, 0.05) is 24.1 Å². The van der Waals surface area contributed by atoms with Gasteiger partial charge >= 0.3 is 0 Å². The molecule has 0 saturated heterocycles. The smallest absolute Gasteiger partial charge is 0.183 e. The second-order valence-electron chi connectivity index (χ2n) is 5.29. The van der Waals surface area contributed by atoms with Crippen molar-refractivity contribution in [1.29, 1.82) is 0 Å². The van der Waals surface area contributed by atoms with E-state index in [1.165, 1.54) is 22.3 Å². The Morgan fingerprint density at radius 1 is 1.20 bits per heavy atom. The molecule has 4 heteroatoms. The average Bonchev–Trinajstić information content (AvgIpc) is 2.82. The lowest BCUT2D eigenvalue weighted by atomic mass is 9.99. The number of anilines is 1. The normalized spacial score (nSPS) is 12.4. The minimum atomic E-state index is 0.264. The first kappa shape index (κ1) is 15.0. The van der Waals surface area contributed by atoms with Crippen LogP contribution in [0.4, 0.5) is 5.13 Å². The average molecular weight is 290 g/mol. The summed E-state index contributed by atoms with van der Waals surface area (Å²) in [5.41, 5.74) is 6.17. The highest BCUT2D eigenvalue weighted by molar-refractivity contribution is 7.14. The molecule has 2 rings (SSSR count). The Kier molecular flexibility index (Phi) is 4.78. The summed E-state index contributed by atoms with van der Waals surface area (Å²) in [7, 11) is 1.71. The van der Waals surface area contributed by atoms with Crippen LogP contribution in [-0.4, -0.2) is 24.7 Å². The zero-order valence-corrected chi connectivity index (χ0v) is 13.6. The summed E-state index contributed by atoms with van der Waals surface area (Å²) >= 11 is 1.64. The topological polar surface area (TPSA) is 34.1 Å². The monoisotopic (exact) mass is 290 g/mol. The molecule has 0 unspecified atom stereocenters. The van der Waals surface area contributed by atoms with Crippen molar-refractivity contribution in [1.82, 2.24) is 4.98 Å². The third kappa shape index (κ3) is 3.38. The number of ether oxygens (including phenoxy) is 1. The number of aromatic nitrogens is 1. The van der Waals surface area contributed by atoms with Crippen LogP contribution in [0.15, 0.2) is 17.5 Å². The van der Waals surface area contributed by atoms with Crippen molar-refractivity contribution < 1.29 is 4.74 Å². The van der Waals surface area contributed by atoms with Crippen LogP contribution >= 0.6 is 11.3 Å². The van der Waals surface area contributed by atoms with Crippen molar-refractivity contribution >= 4 is 16.5 Å². The number of nitrogens with zero attached hydrogens (tertiary/aromatic N) is 1. The van der Waals surface area contributed by atoms with Crippen LogP contribution in [0.1, 0.15) is 23.6 Å². The molecule has 108 valence electrons. The minimum absolute atomic E-state index is 0.264. The Morgan fingerprint density at radius 3 is 2.60 bits per heavy atom. The van der Waals surface area contributed by atoms with E-state index in [1.54, 1.807) is 18.4 Å². The molecule has 0 fully saturated rings. The van der Waals surface area contributed by atoms with E-state index in [-0.39, 0.29) is 6.04 Å². The molecule has 1 heterocycles. The summed E-state index contributed by atoms with van der Waals surface area (Å²) in [5, 5.41) is 6.42. The molecular formula is C16H22N2OS. The lowest BCUT2D eigenvalue weighted by Crippen LogP contribution is -2.20. The molecule has 0 aliphatic carbocycles. The van der Waals surface area contributed by atoms with Gasteiger partial charge in [-0.25, -0.2) is 4.98 Å². The summed E-state index contributed by atoms with van der Waals surface area (Å²) in [5.74, 6) is 0. The highest BCUT2D eigenvalue weighted by atomic mass is 32.1. The van der Waals surface area contributed by atoms with E-state index in [0.29, 0.717) is 6.61 Å². The van der Waals surface area contributed by atoms with Gasteiger partial charge in [0.2, 0.25) is 0 Å². The quantitative estimate of drug-likeness (QED) is 0.897. The van der Waals surface area contributed by atoms with Crippen molar-refractivity contribution in [2.24, 2.45) is 0 Å². The first-order chi connectivity index (χ1) is 9.51. The predicted octanol–water partition coefficient (Wildman–Crippen LogP) is 4.18. The number of hydrogen-bond donors (Lipinski definition) is 1. The van der Waals surface area contributed by atoms with E-state index in [2.05, 4.69) is 55.5 Å². The number of rotatable bonds is 5. The van der Waals surface area contributed by atoms with Gasteiger partial charge in [0.15, 0.2) is 5.13 Å². The molecule has 2 aromatic rings. The molecule has 1 aromatic heterocycles. The number of aryl methyl sites for hydroxylation is 3. The van der Waals surface area contributed by atoms with Crippen LogP contribution in [0.5, 0.6) is 0 Å². The zero-order chi connectivity index (χ0) is 14.7. The van der Waals surface area contributed by atoms with Crippen LogP contribution in [-0.2, 0) is 4.74 Å². The maximum atomic E-state index is 5.13. The Morgan fingerprint density at radius 2 is 1.90 bits per heavy atom. The van der Waals surface area contributed by atoms with E-state index in [9.17, 15) is 0 Å². The fraction of sp³-hybridized carbons (Fsp3) is 0.438. The van der Waals surface area contributed by atoms with Crippen LogP contribution in [0, 0.1) is 20.8 Å². The van der Waals surface area contributed by atoms with Gasteiger partial charge in [-0.2, -0.15) is 0 Å². The van der Waals surface area contributed by atoms with Gasteiger partial charge in [0.05, 0.1) is 12.3 Å². The Balaban J connectivity index is 2.22. The van der Waals surface area contributed by atoms with Crippen molar-refractivity contribution in [3.05, 3.63) is 34.2 Å². The maximum absolute atomic E-state index is 5.13. The fourth-order valence-corrected chi connectivity index (χ4v) is 3.03. The number of nitrogens with one attached hydrogen (secondary N) is 1. The molecule has 0 bridgehead atoms. The molecule has 20 heavy (non-hydrogen) atoms. The summed E-state index contributed by atoms with van der Waals surface area (Å²) in [6.45, 7) is 9.20. The van der Waals surface area contributed by atoms with Crippen LogP contribution in [0.25, 0.3) is 11.3 Å². The summed E-state index contributed by atoms with van der Waals surface area (Å²) in [6.07, 6.45) is 0. The number of hydrogen-bond acceptors (Lipinski definition) is 4. The molecule has 1 N–H and O–H groups in total. The van der Waals surface area contributed by atoms with Gasteiger partial charge in [0.25, 0.3) is 0 Å². The van der Waals surface area contributed by atoms with Crippen molar-refractivity contribution in [3.8, 4) is 11.3 Å². The molecule has 0 spiro atoms. The van der Waals surface area contributed by atoms with Crippen LogP contribution in [0.3, 0.4) is 0 Å². The van der Waals surface area contributed by atoms with Gasteiger partial charge in [0.1, 0.15) is 0 Å². The van der Waals surface area contributed by atoms with Crippen molar-refractivity contribution in [2.45, 2.75) is 33.7 Å². The summed E-state index contributed by atoms with van der Waals surface area (Å²) in [6, 6.07) is 4.71. The molecule has 1 aromatic carbocycles. The SMILES string of the molecule is COC[C@@H](C)Nc1nc(-c2cc(C)c(C)cc2C)cs1. The third-order valence-electron chi connectivity index (χ3n) is 3.41. The Hall–Kier alpha value is -1.39. The molecule has 3 nitrogen and oxygen atoms in total. The van der Waals surface area contributed by atoms with Gasteiger partial charge in [-0.3, -0.25) is 0 Å². The molecule has 1 atom stereocenters. The second kappa shape index (κ2) is 6.37. The Bertz CT molecular complexity index is 592. The number of benzene rings is 1.